The van der Waals surface area contributed by atoms with E-state index in [1.54, 1.807) is 42.5 Å². The molecule has 0 spiro atoms. The van der Waals surface area contributed by atoms with E-state index in [9.17, 15) is 9.90 Å². The Hall–Kier alpha value is -3.96. The van der Waals surface area contributed by atoms with E-state index < -0.39 is 5.97 Å². The maximum absolute atomic E-state index is 11.8. The van der Waals surface area contributed by atoms with Gasteiger partial charge in [-0.1, -0.05) is 64.8 Å². The van der Waals surface area contributed by atoms with Gasteiger partial charge in [-0.15, -0.1) is 0 Å². The number of halogens is 3. The lowest BCUT2D eigenvalue weighted by atomic mass is 10.0. The number of aromatic nitrogens is 2. The molecule has 6 rings (SSSR count). The van der Waals surface area contributed by atoms with Gasteiger partial charge in [0.05, 0.1) is 26.2 Å². The van der Waals surface area contributed by atoms with Crippen molar-refractivity contribution in [2.24, 2.45) is 0 Å². The molecule has 0 atom stereocenters. The minimum Gasteiger partial charge on any atom is -0.489 e. The third-order valence-corrected chi connectivity index (χ3v) is 7.65. The van der Waals surface area contributed by atoms with E-state index in [4.69, 9.17) is 48.5 Å². The number of rotatable bonds is 7. The van der Waals surface area contributed by atoms with E-state index in [1.807, 2.05) is 6.92 Å². The fourth-order valence-electron chi connectivity index (χ4n) is 4.49. The maximum atomic E-state index is 11.8. The van der Waals surface area contributed by atoms with Gasteiger partial charge in [0.15, 0.2) is 11.5 Å². The van der Waals surface area contributed by atoms with E-state index in [0.29, 0.717) is 72.5 Å². The predicted molar refractivity (Wildman–Crippen MR) is 156 cm³/mol. The number of oxazole rings is 1. The number of aryl methyl sites for hydroxylation is 1. The molecule has 2 heterocycles. The number of carboxylic acid groups (broad SMARTS) is 1. The topological polar surface area (TPSA) is 98.6 Å². The number of carboxylic acids is 1. The first-order chi connectivity index (χ1) is 19.8. The summed E-state index contributed by atoms with van der Waals surface area (Å²) in [5.41, 5.74) is 3.69. The largest absolute Gasteiger partial charge is 0.489 e. The van der Waals surface area contributed by atoms with Crippen LogP contribution in [0.3, 0.4) is 0 Å². The average Bonchev–Trinajstić information content (AvgIpc) is 3.57. The van der Waals surface area contributed by atoms with E-state index >= 15 is 0 Å². The van der Waals surface area contributed by atoms with Gasteiger partial charge < -0.3 is 18.8 Å². The second-order valence-electron chi connectivity index (χ2n) is 9.56. The van der Waals surface area contributed by atoms with E-state index in [0.717, 1.165) is 24.2 Å². The van der Waals surface area contributed by atoms with Gasteiger partial charge in [-0.2, -0.15) is 0 Å². The van der Waals surface area contributed by atoms with Crippen LogP contribution >= 0.6 is 34.8 Å². The van der Waals surface area contributed by atoms with Crippen LogP contribution < -0.4 is 4.74 Å². The number of nitrogens with zero attached hydrogens (tertiary/aromatic N) is 2. The molecule has 0 amide bonds. The van der Waals surface area contributed by atoms with Crippen molar-refractivity contribution in [3.63, 3.8) is 0 Å². The Morgan fingerprint density at radius 2 is 1.85 bits per heavy atom. The zero-order chi connectivity index (χ0) is 28.7. The third-order valence-electron chi connectivity index (χ3n) is 6.70. The lowest BCUT2D eigenvalue weighted by Crippen LogP contribution is -2.00. The van der Waals surface area contributed by atoms with Gasteiger partial charge in [0, 0.05) is 35.1 Å². The minimum absolute atomic E-state index is 0.0295. The normalized spacial score (nSPS) is 12.8. The van der Waals surface area contributed by atoms with Crippen LogP contribution in [0.2, 0.25) is 15.1 Å². The Morgan fingerprint density at radius 3 is 2.54 bits per heavy atom. The molecule has 1 fully saturated rings. The number of hydrogen-bond donors (Lipinski definition) is 1. The summed E-state index contributed by atoms with van der Waals surface area (Å²) >= 11 is 19.5. The zero-order valence-corrected chi connectivity index (χ0v) is 23.9. The summed E-state index contributed by atoms with van der Waals surface area (Å²) in [5.74, 6) is 6.95. The van der Waals surface area contributed by atoms with Crippen molar-refractivity contribution < 1.29 is 23.6 Å². The fraction of sp³-hybridized carbons (Fsp3) is 0.194. The third kappa shape index (κ3) is 5.51. The first-order valence-corrected chi connectivity index (χ1v) is 14.0. The Bertz CT molecular complexity index is 1860. The number of benzene rings is 3. The van der Waals surface area contributed by atoms with E-state index in [2.05, 4.69) is 22.0 Å². The Labute approximate surface area is 250 Å². The average molecular weight is 608 g/mol. The first kappa shape index (κ1) is 27.2. The lowest BCUT2D eigenvalue weighted by Gasteiger charge is -2.10. The van der Waals surface area contributed by atoms with Gasteiger partial charge >= 0.3 is 5.97 Å². The molecule has 1 N–H and O–H groups in total. The van der Waals surface area contributed by atoms with Crippen molar-refractivity contribution in [1.29, 1.82) is 0 Å². The van der Waals surface area contributed by atoms with Crippen LogP contribution in [-0.4, -0.2) is 21.2 Å². The van der Waals surface area contributed by atoms with E-state index in [1.165, 1.54) is 6.07 Å². The Balaban J connectivity index is 1.25. The lowest BCUT2D eigenvalue weighted by molar-refractivity contribution is 0.0698. The van der Waals surface area contributed by atoms with Crippen molar-refractivity contribution in [2.45, 2.75) is 38.7 Å². The molecule has 1 aliphatic rings. The van der Waals surface area contributed by atoms with Gasteiger partial charge in [0.1, 0.15) is 29.3 Å². The molecular weight excluding hydrogens is 587 g/mol. The highest BCUT2D eigenvalue weighted by molar-refractivity contribution is 6.39. The summed E-state index contributed by atoms with van der Waals surface area (Å²) < 4.78 is 17.5. The van der Waals surface area contributed by atoms with E-state index in [-0.39, 0.29) is 12.2 Å². The molecule has 10 heteroatoms. The second kappa shape index (κ2) is 11.1. The van der Waals surface area contributed by atoms with Crippen molar-refractivity contribution in [3.05, 3.63) is 97.5 Å². The van der Waals surface area contributed by atoms with Gasteiger partial charge in [0.2, 0.25) is 0 Å². The second-order valence-corrected chi connectivity index (χ2v) is 10.8. The molecule has 206 valence electrons. The summed E-state index contributed by atoms with van der Waals surface area (Å²) in [6.07, 6.45) is 2.59. The van der Waals surface area contributed by atoms with Crippen LogP contribution in [0.15, 0.2) is 57.5 Å². The van der Waals surface area contributed by atoms with Crippen LogP contribution in [0.4, 0.5) is 0 Å². The van der Waals surface area contributed by atoms with Gasteiger partial charge in [-0.05, 0) is 49.2 Å². The first-order valence-electron chi connectivity index (χ1n) is 12.9. The molecule has 5 aromatic rings. The molecule has 0 bridgehead atoms. The number of ether oxygens (including phenoxy) is 1. The number of hydrogen-bond acceptors (Lipinski definition) is 6. The number of carbonyl (C=O) groups is 1. The highest BCUT2D eigenvalue weighted by Gasteiger charge is 2.33. The molecule has 1 saturated carbocycles. The predicted octanol–water partition coefficient (Wildman–Crippen LogP) is 8.56. The molecule has 0 radical (unpaired) electrons. The summed E-state index contributed by atoms with van der Waals surface area (Å²) in [4.78, 5) is 16.1. The highest BCUT2D eigenvalue weighted by atomic mass is 35.5. The van der Waals surface area contributed by atoms with Crippen LogP contribution in [0.5, 0.6) is 5.75 Å². The van der Waals surface area contributed by atoms with Gasteiger partial charge in [0.25, 0.3) is 0 Å². The number of aromatic carboxylic acids is 1. The number of fused-ring (bicyclic) bond motifs is 1. The molecule has 1 aliphatic carbocycles. The van der Waals surface area contributed by atoms with Crippen LogP contribution in [-0.2, 0) is 13.0 Å². The quantitative estimate of drug-likeness (QED) is 0.185. The van der Waals surface area contributed by atoms with Crippen molar-refractivity contribution in [1.82, 2.24) is 10.1 Å². The van der Waals surface area contributed by atoms with Crippen LogP contribution in [0.1, 0.15) is 64.4 Å². The fourth-order valence-corrected chi connectivity index (χ4v) is 5.29. The molecule has 0 aliphatic heterocycles. The van der Waals surface area contributed by atoms with Crippen molar-refractivity contribution in [3.8, 4) is 28.8 Å². The van der Waals surface area contributed by atoms with Gasteiger partial charge in [-0.3, -0.25) is 0 Å². The monoisotopic (exact) mass is 606 g/mol. The zero-order valence-electron chi connectivity index (χ0n) is 21.6. The summed E-state index contributed by atoms with van der Waals surface area (Å²) in [6, 6.07) is 13.6. The van der Waals surface area contributed by atoms with Crippen molar-refractivity contribution >= 4 is 51.9 Å². The molecule has 3 aromatic carbocycles. The molecular formula is C31H21Cl3N2O5. The Kier molecular flexibility index (Phi) is 7.39. The standard InChI is InChI=1S/C31H21Cl3N2O5/c1-2-26-35-28-20(31(37)38)12-16(13-25(28)40-26)6-7-17-10-11-19(14-24(17)34)39-15-21-29(36-41-30(21)18-8-9-18)27-22(32)4-3-5-23(27)33/h3-5,10-14,18H,2,8-9,15H2,1H3,(H,37,38). The maximum Gasteiger partial charge on any atom is 0.338 e. The van der Waals surface area contributed by atoms with Crippen molar-refractivity contribution in [2.75, 3.05) is 0 Å². The van der Waals surface area contributed by atoms with Crippen LogP contribution in [0, 0.1) is 11.8 Å². The minimum atomic E-state index is -1.10. The highest BCUT2D eigenvalue weighted by Crippen LogP contribution is 2.46. The molecule has 0 unspecified atom stereocenters. The summed E-state index contributed by atoms with van der Waals surface area (Å²) in [5, 5.41) is 15.3. The molecule has 41 heavy (non-hydrogen) atoms. The summed E-state index contributed by atoms with van der Waals surface area (Å²) in [6.45, 7) is 2.06. The molecule has 2 aromatic heterocycles. The Morgan fingerprint density at radius 1 is 1.07 bits per heavy atom. The van der Waals surface area contributed by atoms with Gasteiger partial charge in [-0.25, -0.2) is 9.78 Å². The SMILES string of the molecule is CCc1nc2c(C(=O)O)cc(C#Cc3ccc(OCc4c(-c5c(Cl)cccc5Cl)noc4C4CC4)cc3Cl)cc2o1. The van der Waals surface area contributed by atoms with Crippen LogP contribution in [0.25, 0.3) is 22.4 Å². The summed E-state index contributed by atoms with van der Waals surface area (Å²) in [7, 11) is 0. The smallest absolute Gasteiger partial charge is 0.338 e. The molecule has 7 nitrogen and oxygen atoms in total. The molecule has 0 saturated heterocycles.